The summed E-state index contributed by atoms with van der Waals surface area (Å²) in [6.45, 7) is 4.35. The Morgan fingerprint density at radius 1 is 1.04 bits per heavy atom. The highest BCUT2D eigenvalue weighted by molar-refractivity contribution is 5.91. The van der Waals surface area contributed by atoms with Crippen LogP contribution in [0.1, 0.15) is 75.6 Å². The Morgan fingerprint density at radius 3 is 2.43 bits per heavy atom. The Labute approximate surface area is 138 Å². The minimum absolute atomic E-state index is 0.0221. The Hall–Kier alpha value is -1.84. The summed E-state index contributed by atoms with van der Waals surface area (Å²) in [4.78, 5) is 23.1. The second kappa shape index (κ2) is 10.8. The van der Waals surface area contributed by atoms with Gasteiger partial charge in [0, 0.05) is 6.42 Å². The molecule has 1 unspecified atom stereocenters. The average Bonchev–Trinajstić information content (AvgIpc) is 2.53. The molecule has 1 aromatic rings. The number of unbranched alkanes of at least 4 members (excludes halogenated alkanes) is 2. The molecule has 0 radical (unpaired) electrons. The van der Waals surface area contributed by atoms with E-state index in [0.29, 0.717) is 12.3 Å². The topological polar surface area (TPSA) is 63.6 Å². The van der Waals surface area contributed by atoms with Gasteiger partial charge < -0.3 is 9.84 Å². The number of aromatic carboxylic acids is 1. The van der Waals surface area contributed by atoms with Crippen molar-refractivity contribution in [1.82, 2.24) is 0 Å². The van der Waals surface area contributed by atoms with Crippen LogP contribution in [0.15, 0.2) is 24.3 Å². The van der Waals surface area contributed by atoms with Gasteiger partial charge in [-0.15, -0.1) is 0 Å². The first-order valence-corrected chi connectivity index (χ1v) is 8.61. The van der Waals surface area contributed by atoms with E-state index in [2.05, 4.69) is 13.8 Å². The Kier molecular flexibility index (Phi) is 9.03. The molecule has 0 saturated carbocycles. The third-order valence-corrected chi connectivity index (χ3v) is 4.01. The van der Waals surface area contributed by atoms with Gasteiger partial charge >= 0.3 is 11.9 Å². The van der Waals surface area contributed by atoms with Crippen LogP contribution in [-0.2, 0) is 4.79 Å². The van der Waals surface area contributed by atoms with Crippen molar-refractivity contribution in [2.75, 3.05) is 0 Å². The largest absolute Gasteiger partial charge is 0.478 e. The molecule has 1 aromatic carbocycles. The van der Waals surface area contributed by atoms with E-state index in [9.17, 15) is 9.59 Å². The van der Waals surface area contributed by atoms with Crippen molar-refractivity contribution < 1.29 is 19.4 Å². The van der Waals surface area contributed by atoms with E-state index < -0.39 is 5.97 Å². The van der Waals surface area contributed by atoms with E-state index in [1.54, 1.807) is 12.1 Å². The van der Waals surface area contributed by atoms with Gasteiger partial charge in [-0.3, -0.25) is 4.79 Å². The third-order valence-electron chi connectivity index (χ3n) is 4.01. The lowest BCUT2D eigenvalue weighted by molar-refractivity contribution is -0.134. The number of rotatable bonds is 11. The van der Waals surface area contributed by atoms with Gasteiger partial charge in [-0.2, -0.15) is 0 Å². The molecule has 0 aromatic heterocycles. The summed E-state index contributed by atoms with van der Waals surface area (Å²) in [5.41, 5.74) is 0.0221. The molecule has 0 fully saturated rings. The molecule has 0 aliphatic heterocycles. The maximum absolute atomic E-state index is 12.0. The molecule has 4 heteroatoms. The second-order valence-corrected chi connectivity index (χ2v) is 5.96. The highest BCUT2D eigenvalue weighted by atomic mass is 16.5. The molecule has 128 valence electrons. The fourth-order valence-electron chi connectivity index (χ4n) is 2.75. The van der Waals surface area contributed by atoms with E-state index >= 15 is 0 Å². The molecule has 1 rings (SSSR count). The van der Waals surface area contributed by atoms with Crippen molar-refractivity contribution in [1.29, 1.82) is 0 Å². The molecule has 0 spiro atoms. The summed E-state index contributed by atoms with van der Waals surface area (Å²) in [5.74, 6) is -0.760. The van der Waals surface area contributed by atoms with Crippen LogP contribution >= 0.6 is 0 Å². The molecule has 0 bridgehead atoms. The van der Waals surface area contributed by atoms with Crippen LogP contribution < -0.4 is 4.74 Å². The zero-order valence-electron chi connectivity index (χ0n) is 14.2. The van der Waals surface area contributed by atoms with Gasteiger partial charge in [-0.25, -0.2) is 4.79 Å². The fraction of sp³-hybridized carbons (Fsp3) is 0.579. The minimum atomic E-state index is -1.09. The molecule has 0 amide bonds. The summed E-state index contributed by atoms with van der Waals surface area (Å²) >= 11 is 0. The van der Waals surface area contributed by atoms with E-state index in [0.717, 1.165) is 25.7 Å². The van der Waals surface area contributed by atoms with Crippen molar-refractivity contribution in [3.8, 4) is 5.75 Å². The Morgan fingerprint density at radius 2 is 1.78 bits per heavy atom. The third kappa shape index (κ3) is 7.31. The number of hydrogen-bond donors (Lipinski definition) is 1. The van der Waals surface area contributed by atoms with Crippen molar-refractivity contribution in [2.45, 2.75) is 65.2 Å². The van der Waals surface area contributed by atoms with Gasteiger partial charge in [0.2, 0.25) is 0 Å². The van der Waals surface area contributed by atoms with Crippen LogP contribution in [-0.4, -0.2) is 17.0 Å². The van der Waals surface area contributed by atoms with Crippen LogP contribution in [0.25, 0.3) is 0 Å². The van der Waals surface area contributed by atoms with Crippen molar-refractivity contribution >= 4 is 11.9 Å². The molecule has 0 aliphatic carbocycles. The molecular formula is C19H28O4. The predicted molar refractivity (Wildman–Crippen MR) is 90.8 cm³/mol. The summed E-state index contributed by atoms with van der Waals surface area (Å²) < 4.78 is 5.24. The summed E-state index contributed by atoms with van der Waals surface area (Å²) in [7, 11) is 0. The molecule has 23 heavy (non-hydrogen) atoms. The second-order valence-electron chi connectivity index (χ2n) is 5.96. The number of carboxylic acids is 1. The SMILES string of the molecule is CCCCCC(CCC)CCC(=O)Oc1ccccc1C(=O)O. The van der Waals surface area contributed by atoms with Crippen molar-refractivity contribution in [2.24, 2.45) is 5.92 Å². The van der Waals surface area contributed by atoms with Crippen LogP contribution in [0, 0.1) is 5.92 Å². The number of hydrogen-bond acceptors (Lipinski definition) is 3. The molecule has 4 nitrogen and oxygen atoms in total. The lowest BCUT2D eigenvalue weighted by atomic mass is 9.92. The first-order valence-electron chi connectivity index (χ1n) is 8.61. The normalized spacial score (nSPS) is 11.9. The van der Waals surface area contributed by atoms with E-state index in [-0.39, 0.29) is 17.3 Å². The molecule has 0 saturated heterocycles. The van der Waals surface area contributed by atoms with Crippen LogP contribution in [0.4, 0.5) is 0 Å². The van der Waals surface area contributed by atoms with E-state index in [1.807, 2.05) is 0 Å². The van der Waals surface area contributed by atoms with Gasteiger partial charge in [0.1, 0.15) is 11.3 Å². The molecular weight excluding hydrogens is 292 g/mol. The number of carbonyl (C=O) groups excluding carboxylic acids is 1. The van der Waals surface area contributed by atoms with Gasteiger partial charge in [-0.05, 0) is 24.5 Å². The lowest BCUT2D eigenvalue weighted by Crippen LogP contribution is -2.13. The summed E-state index contributed by atoms with van der Waals surface area (Å²) in [6.07, 6.45) is 8.19. The smallest absolute Gasteiger partial charge is 0.339 e. The van der Waals surface area contributed by atoms with Gasteiger partial charge in [0.25, 0.3) is 0 Å². The van der Waals surface area contributed by atoms with Gasteiger partial charge in [0.05, 0.1) is 0 Å². The maximum atomic E-state index is 12.0. The number of para-hydroxylation sites is 1. The summed E-state index contributed by atoms with van der Waals surface area (Å²) in [6, 6.07) is 6.24. The molecule has 0 heterocycles. The zero-order chi connectivity index (χ0) is 17.1. The monoisotopic (exact) mass is 320 g/mol. The van der Waals surface area contributed by atoms with E-state index in [4.69, 9.17) is 9.84 Å². The highest BCUT2D eigenvalue weighted by Crippen LogP contribution is 2.23. The van der Waals surface area contributed by atoms with Gasteiger partial charge in [0.15, 0.2) is 0 Å². The number of benzene rings is 1. The maximum Gasteiger partial charge on any atom is 0.339 e. The fourth-order valence-corrected chi connectivity index (χ4v) is 2.75. The quantitative estimate of drug-likeness (QED) is 0.351. The summed E-state index contributed by atoms with van der Waals surface area (Å²) in [5, 5.41) is 9.10. The van der Waals surface area contributed by atoms with Crippen LogP contribution in [0.5, 0.6) is 5.75 Å². The standard InChI is InChI=1S/C19H28O4/c1-3-5-6-10-15(9-4-2)13-14-18(20)23-17-12-8-7-11-16(17)19(21)22/h7-8,11-12,15H,3-6,9-10,13-14H2,1-2H3,(H,21,22). The zero-order valence-corrected chi connectivity index (χ0v) is 14.2. The van der Waals surface area contributed by atoms with Crippen molar-refractivity contribution in [3.63, 3.8) is 0 Å². The molecule has 0 aliphatic rings. The van der Waals surface area contributed by atoms with Crippen LogP contribution in [0.2, 0.25) is 0 Å². The average molecular weight is 320 g/mol. The Bertz CT molecular complexity index is 496. The highest BCUT2D eigenvalue weighted by Gasteiger charge is 2.15. The number of carbonyl (C=O) groups is 2. The number of carboxylic acid groups (broad SMARTS) is 1. The minimum Gasteiger partial charge on any atom is -0.478 e. The Balaban J connectivity index is 2.50. The first-order chi connectivity index (χ1) is 11.1. The number of esters is 1. The molecule has 1 N–H and O–H groups in total. The van der Waals surface area contributed by atoms with Gasteiger partial charge in [-0.1, -0.05) is 64.5 Å². The van der Waals surface area contributed by atoms with E-state index in [1.165, 1.54) is 31.4 Å². The van der Waals surface area contributed by atoms with Crippen LogP contribution in [0.3, 0.4) is 0 Å². The predicted octanol–water partition coefficient (Wildman–Crippen LogP) is 5.07. The lowest BCUT2D eigenvalue weighted by Gasteiger charge is -2.15. The number of ether oxygens (including phenoxy) is 1. The van der Waals surface area contributed by atoms with Crippen molar-refractivity contribution in [3.05, 3.63) is 29.8 Å². The first kappa shape index (κ1) is 19.2. The molecule has 1 atom stereocenters.